The van der Waals surface area contributed by atoms with Gasteiger partial charge in [0.25, 0.3) is 0 Å². The molecule has 4 nitrogen and oxygen atoms in total. The van der Waals surface area contributed by atoms with Crippen LogP contribution in [0, 0.1) is 0 Å². The van der Waals surface area contributed by atoms with Gasteiger partial charge in [0, 0.05) is 26.2 Å². The zero-order valence-corrected chi connectivity index (χ0v) is 9.99. The fraction of sp³-hybridized carbons (Fsp3) is 0.667. The minimum atomic E-state index is 0.303. The molecule has 0 spiro atoms. The molecule has 1 aliphatic heterocycles. The van der Waals surface area contributed by atoms with Crippen LogP contribution in [0.4, 0.5) is 5.82 Å². The number of nitrogens with zero attached hydrogens (tertiary/aromatic N) is 3. The van der Waals surface area contributed by atoms with E-state index >= 15 is 0 Å². The molecule has 1 fully saturated rings. The van der Waals surface area contributed by atoms with Gasteiger partial charge in [-0.25, -0.2) is 0 Å². The van der Waals surface area contributed by atoms with E-state index in [0.29, 0.717) is 6.10 Å². The third kappa shape index (κ3) is 1.93. The topological polar surface area (TPSA) is 30.3 Å². The SMILES string of the molecule is CC1CN(c2cc(Br)nn2C)CCO1. The van der Waals surface area contributed by atoms with Gasteiger partial charge in [0.1, 0.15) is 10.4 Å². The summed E-state index contributed by atoms with van der Waals surface area (Å²) in [5.41, 5.74) is 0. The summed E-state index contributed by atoms with van der Waals surface area (Å²) in [5, 5.41) is 4.26. The third-order valence-corrected chi connectivity index (χ3v) is 2.78. The van der Waals surface area contributed by atoms with Crippen molar-refractivity contribution in [1.29, 1.82) is 0 Å². The molecular weight excluding hydrogens is 246 g/mol. The Balaban J connectivity index is 2.17. The number of morpholine rings is 1. The number of anilines is 1. The molecule has 0 bridgehead atoms. The number of rotatable bonds is 1. The molecule has 1 atom stereocenters. The number of hydrogen-bond donors (Lipinski definition) is 0. The molecule has 78 valence electrons. The van der Waals surface area contributed by atoms with E-state index in [9.17, 15) is 0 Å². The van der Waals surface area contributed by atoms with Gasteiger partial charge < -0.3 is 9.64 Å². The Labute approximate surface area is 92.0 Å². The van der Waals surface area contributed by atoms with Gasteiger partial charge >= 0.3 is 0 Å². The molecule has 1 aromatic heterocycles. The van der Waals surface area contributed by atoms with E-state index in [-0.39, 0.29) is 0 Å². The highest BCUT2D eigenvalue weighted by Gasteiger charge is 2.19. The van der Waals surface area contributed by atoms with E-state index in [1.54, 1.807) is 0 Å². The minimum Gasteiger partial charge on any atom is -0.375 e. The fourth-order valence-corrected chi connectivity index (χ4v) is 2.19. The Morgan fingerprint density at radius 1 is 1.64 bits per heavy atom. The summed E-state index contributed by atoms with van der Waals surface area (Å²) in [5.74, 6) is 1.15. The lowest BCUT2D eigenvalue weighted by molar-refractivity contribution is 0.0527. The quantitative estimate of drug-likeness (QED) is 0.764. The standard InChI is InChI=1S/C9H14BrN3O/c1-7-6-13(3-4-14-7)9-5-8(10)11-12(9)2/h5,7H,3-4,6H2,1-2H3. The fourth-order valence-electron chi connectivity index (χ4n) is 1.75. The molecule has 1 aromatic rings. The first-order chi connectivity index (χ1) is 6.66. The summed E-state index contributed by atoms with van der Waals surface area (Å²) < 4.78 is 8.27. The van der Waals surface area contributed by atoms with Crippen molar-refractivity contribution in [2.75, 3.05) is 24.6 Å². The number of halogens is 1. The molecule has 1 unspecified atom stereocenters. The van der Waals surface area contributed by atoms with E-state index in [1.165, 1.54) is 0 Å². The second-order valence-electron chi connectivity index (χ2n) is 3.58. The van der Waals surface area contributed by atoms with Crippen LogP contribution in [0.25, 0.3) is 0 Å². The van der Waals surface area contributed by atoms with Crippen molar-refractivity contribution in [3.63, 3.8) is 0 Å². The molecule has 0 radical (unpaired) electrons. The lowest BCUT2D eigenvalue weighted by Gasteiger charge is -2.32. The first kappa shape index (κ1) is 9.98. The number of hydrogen-bond acceptors (Lipinski definition) is 3. The number of aromatic nitrogens is 2. The maximum absolute atomic E-state index is 5.49. The molecule has 2 heterocycles. The Morgan fingerprint density at radius 3 is 3.00 bits per heavy atom. The van der Waals surface area contributed by atoms with Gasteiger partial charge in [-0.1, -0.05) is 0 Å². The zero-order valence-electron chi connectivity index (χ0n) is 8.40. The molecule has 0 aromatic carbocycles. The lowest BCUT2D eigenvalue weighted by atomic mass is 10.3. The predicted octanol–water partition coefficient (Wildman–Crippen LogP) is 1.41. The van der Waals surface area contributed by atoms with Gasteiger partial charge in [-0.15, -0.1) is 0 Å². The van der Waals surface area contributed by atoms with Crippen LogP contribution in [0.15, 0.2) is 10.7 Å². The van der Waals surface area contributed by atoms with Crippen LogP contribution in [-0.4, -0.2) is 35.6 Å². The minimum absolute atomic E-state index is 0.303. The summed E-state index contributed by atoms with van der Waals surface area (Å²) in [7, 11) is 1.96. The molecular formula is C9H14BrN3O. The van der Waals surface area contributed by atoms with Crippen molar-refractivity contribution < 1.29 is 4.74 Å². The molecule has 0 saturated carbocycles. The van der Waals surface area contributed by atoms with Gasteiger partial charge in [-0.3, -0.25) is 4.68 Å². The summed E-state index contributed by atoms with van der Waals surface area (Å²) in [6, 6.07) is 2.04. The van der Waals surface area contributed by atoms with Crippen LogP contribution in [0.5, 0.6) is 0 Å². The second-order valence-corrected chi connectivity index (χ2v) is 4.39. The normalized spacial score (nSPS) is 22.8. The largest absolute Gasteiger partial charge is 0.375 e. The summed E-state index contributed by atoms with van der Waals surface area (Å²) in [4.78, 5) is 2.30. The lowest BCUT2D eigenvalue weighted by Crippen LogP contribution is -2.41. The average molecular weight is 260 g/mol. The molecule has 0 aliphatic carbocycles. The van der Waals surface area contributed by atoms with Crippen LogP contribution < -0.4 is 4.90 Å². The third-order valence-electron chi connectivity index (χ3n) is 2.39. The highest BCUT2D eigenvalue weighted by Crippen LogP contribution is 2.20. The summed E-state index contributed by atoms with van der Waals surface area (Å²) in [6.07, 6.45) is 0.303. The van der Waals surface area contributed by atoms with Crippen LogP contribution in [-0.2, 0) is 11.8 Å². The summed E-state index contributed by atoms with van der Waals surface area (Å²) in [6.45, 7) is 4.77. The average Bonchev–Trinajstić information content (AvgIpc) is 2.45. The van der Waals surface area contributed by atoms with E-state index in [4.69, 9.17) is 4.74 Å². The van der Waals surface area contributed by atoms with E-state index < -0.39 is 0 Å². The second kappa shape index (κ2) is 3.90. The van der Waals surface area contributed by atoms with Gasteiger partial charge in [0.2, 0.25) is 0 Å². The highest BCUT2D eigenvalue weighted by atomic mass is 79.9. The van der Waals surface area contributed by atoms with Crippen molar-refractivity contribution in [3.8, 4) is 0 Å². The molecule has 1 saturated heterocycles. The monoisotopic (exact) mass is 259 g/mol. The number of ether oxygens (including phenoxy) is 1. The number of aryl methyl sites for hydroxylation is 1. The van der Waals surface area contributed by atoms with Gasteiger partial charge in [0.05, 0.1) is 12.7 Å². The molecule has 14 heavy (non-hydrogen) atoms. The Hall–Kier alpha value is -0.550. The highest BCUT2D eigenvalue weighted by molar-refractivity contribution is 9.10. The van der Waals surface area contributed by atoms with Crippen molar-refractivity contribution in [2.45, 2.75) is 13.0 Å². The Kier molecular flexibility index (Phi) is 2.78. The van der Waals surface area contributed by atoms with Crippen molar-refractivity contribution in [3.05, 3.63) is 10.7 Å². The molecule has 2 rings (SSSR count). The predicted molar refractivity (Wildman–Crippen MR) is 58.5 cm³/mol. The van der Waals surface area contributed by atoms with Crippen LogP contribution >= 0.6 is 15.9 Å². The maximum atomic E-state index is 5.49. The van der Waals surface area contributed by atoms with Crippen molar-refractivity contribution >= 4 is 21.7 Å². The van der Waals surface area contributed by atoms with Gasteiger partial charge in [0.15, 0.2) is 0 Å². The molecule has 0 amide bonds. The summed E-state index contributed by atoms with van der Waals surface area (Å²) >= 11 is 3.37. The zero-order chi connectivity index (χ0) is 10.1. The van der Waals surface area contributed by atoms with E-state index in [2.05, 4.69) is 32.9 Å². The first-order valence-electron chi connectivity index (χ1n) is 4.73. The maximum Gasteiger partial charge on any atom is 0.130 e. The van der Waals surface area contributed by atoms with Crippen molar-refractivity contribution in [1.82, 2.24) is 9.78 Å². The van der Waals surface area contributed by atoms with Gasteiger partial charge in [-0.2, -0.15) is 5.10 Å². The smallest absolute Gasteiger partial charge is 0.130 e. The van der Waals surface area contributed by atoms with Crippen LogP contribution in [0.1, 0.15) is 6.92 Å². The van der Waals surface area contributed by atoms with E-state index in [1.807, 2.05) is 17.8 Å². The van der Waals surface area contributed by atoms with Crippen molar-refractivity contribution in [2.24, 2.45) is 7.05 Å². The van der Waals surface area contributed by atoms with E-state index in [0.717, 1.165) is 30.1 Å². The Bertz CT molecular complexity index is 326. The molecule has 1 aliphatic rings. The van der Waals surface area contributed by atoms with Gasteiger partial charge in [-0.05, 0) is 22.9 Å². The molecule has 5 heteroatoms. The molecule has 0 N–H and O–H groups in total. The Morgan fingerprint density at radius 2 is 2.43 bits per heavy atom. The van der Waals surface area contributed by atoms with Crippen LogP contribution in [0.3, 0.4) is 0 Å². The van der Waals surface area contributed by atoms with Crippen LogP contribution in [0.2, 0.25) is 0 Å². The first-order valence-corrected chi connectivity index (χ1v) is 5.52.